The lowest BCUT2D eigenvalue weighted by Crippen LogP contribution is -2.15. The molecule has 1 aromatic rings. The maximum absolute atomic E-state index is 11.9. The maximum Gasteiger partial charge on any atom is 0.224 e. The molecule has 1 fully saturated rings. The number of amides is 1. The molecule has 1 unspecified atom stereocenters. The van der Waals surface area contributed by atoms with E-state index in [1.165, 1.54) is 0 Å². The molecule has 104 valence electrons. The van der Waals surface area contributed by atoms with Gasteiger partial charge in [-0.05, 0) is 63.3 Å². The molecule has 0 aromatic heterocycles. The van der Waals surface area contributed by atoms with Gasteiger partial charge in [0.05, 0.1) is 11.8 Å². The summed E-state index contributed by atoms with van der Waals surface area (Å²) in [6.07, 6.45) is 3.64. The van der Waals surface area contributed by atoms with Gasteiger partial charge in [0.15, 0.2) is 0 Å². The first-order chi connectivity index (χ1) is 9.06. The summed E-state index contributed by atoms with van der Waals surface area (Å²) < 4.78 is 7.04. The van der Waals surface area contributed by atoms with Crippen molar-refractivity contribution in [3.05, 3.63) is 21.1 Å². The molecule has 0 aliphatic carbocycles. The van der Waals surface area contributed by atoms with Gasteiger partial charge in [-0.25, -0.2) is 0 Å². The van der Waals surface area contributed by atoms with Gasteiger partial charge in [0, 0.05) is 27.7 Å². The van der Waals surface area contributed by atoms with E-state index >= 15 is 0 Å². The number of nitrogen functional groups attached to an aromatic ring is 1. The average molecular weight is 392 g/mol. The highest BCUT2D eigenvalue weighted by molar-refractivity contribution is 9.11. The molecule has 3 N–H and O–H groups in total. The molecule has 1 heterocycles. The first-order valence-electron chi connectivity index (χ1n) is 6.22. The van der Waals surface area contributed by atoms with E-state index < -0.39 is 0 Å². The fraction of sp³-hybridized carbons (Fsp3) is 0.462. The third-order valence-electron chi connectivity index (χ3n) is 3.05. The highest BCUT2D eigenvalue weighted by Gasteiger charge is 2.17. The number of anilines is 2. The largest absolute Gasteiger partial charge is 0.399 e. The van der Waals surface area contributed by atoms with E-state index in [0.717, 1.165) is 34.8 Å². The predicted octanol–water partition coefficient (Wildman–Crippen LogP) is 3.69. The Bertz CT molecular complexity index is 451. The Morgan fingerprint density at radius 1 is 1.42 bits per heavy atom. The van der Waals surface area contributed by atoms with Crippen LogP contribution in [0.2, 0.25) is 0 Å². The van der Waals surface area contributed by atoms with Crippen LogP contribution in [0.15, 0.2) is 21.1 Å². The Morgan fingerprint density at radius 3 is 2.68 bits per heavy atom. The van der Waals surface area contributed by atoms with Gasteiger partial charge in [0.25, 0.3) is 0 Å². The molecule has 19 heavy (non-hydrogen) atoms. The standard InChI is InChI=1S/C13H16Br2N2O2/c14-10-6-8(16)7-11(15)13(10)17-12(18)4-3-9-2-1-5-19-9/h6-7,9H,1-5,16H2,(H,17,18). The van der Waals surface area contributed by atoms with Crippen molar-refractivity contribution in [1.82, 2.24) is 0 Å². The first kappa shape index (κ1) is 14.8. The molecular formula is C13H16Br2N2O2. The minimum atomic E-state index is -0.0123. The summed E-state index contributed by atoms with van der Waals surface area (Å²) in [5.74, 6) is -0.0123. The van der Waals surface area contributed by atoms with Crippen molar-refractivity contribution in [1.29, 1.82) is 0 Å². The Labute approximate surface area is 129 Å². The van der Waals surface area contributed by atoms with Crippen molar-refractivity contribution in [2.75, 3.05) is 17.7 Å². The Balaban J connectivity index is 1.91. The van der Waals surface area contributed by atoms with E-state index in [9.17, 15) is 4.79 Å². The molecular weight excluding hydrogens is 376 g/mol. The molecule has 0 radical (unpaired) electrons. The van der Waals surface area contributed by atoms with Crippen LogP contribution in [0.4, 0.5) is 11.4 Å². The Morgan fingerprint density at radius 2 is 2.11 bits per heavy atom. The van der Waals surface area contributed by atoms with E-state index in [0.29, 0.717) is 17.8 Å². The Hall–Kier alpha value is -0.590. The summed E-state index contributed by atoms with van der Waals surface area (Å²) in [5, 5.41) is 2.89. The minimum absolute atomic E-state index is 0.0123. The third-order valence-corrected chi connectivity index (χ3v) is 4.30. The van der Waals surface area contributed by atoms with Crippen molar-refractivity contribution >= 4 is 49.1 Å². The highest BCUT2D eigenvalue weighted by atomic mass is 79.9. The van der Waals surface area contributed by atoms with Crippen LogP contribution in [0.25, 0.3) is 0 Å². The zero-order valence-electron chi connectivity index (χ0n) is 10.4. The van der Waals surface area contributed by atoms with E-state index in [1.807, 2.05) is 0 Å². The summed E-state index contributed by atoms with van der Waals surface area (Å²) in [4.78, 5) is 11.9. The third kappa shape index (κ3) is 4.19. The fourth-order valence-corrected chi connectivity index (χ4v) is 3.50. The summed E-state index contributed by atoms with van der Waals surface area (Å²) in [6.45, 7) is 0.821. The lowest BCUT2D eigenvalue weighted by atomic mass is 10.1. The van der Waals surface area contributed by atoms with E-state index in [2.05, 4.69) is 37.2 Å². The number of nitrogens with one attached hydrogen (secondary N) is 1. The topological polar surface area (TPSA) is 64.3 Å². The summed E-state index contributed by atoms with van der Waals surface area (Å²) >= 11 is 6.79. The van der Waals surface area contributed by atoms with Gasteiger partial charge in [-0.3, -0.25) is 4.79 Å². The second kappa shape index (κ2) is 6.72. The highest BCUT2D eigenvalue weighted by Crippen LogP contribution is 2.33. The van der Waals surface area contributed by atoms with Crippen molar-refractivity contribution in [3.8, 4) is 0 Å². The van der Waals surface area contributed by atoms with Gasteiger partial charge in [0.2, 0.25) is 5.91 Å². The smallest absolute Gasteiger partial charge is 0.224 e. The molecule has 1 saturated heterocycles. The average Bonchev–Trinajstić information content (AvgIpc) is 2.84. The normalized spacial score (nSPS) is 18.5. The van der Waals surface area contributed by atoms with Gasteiger partial charge in [0.1, 0.15) is 0 Å². The summed E-state index contributed by atoms with van der Waals surface area (Å²) in [5.41, 5.74) is 7.06. The van der Waals surface area contributed by atoms with Gasteiger partial charge >= 0.3 is 0 Å². The second-order valence-electron chi connectivity index (χ2n) is 4.58. The van der Waals surface area contributed by atoms with Crippen molar-refractivity contribution in [2.45, 2.75) is 31.8 Å². The molecule has 0 bridgehead atoms. The van der Waals surface area contributed by atoms with E-state index in [-0.39, 0.29) is 12.0 Å². The number of benzene rings is 1. The van der Waals surface area contributed by atoms with E-state index in [1.54, 1.807) is 12.1 Å². The monoisotopic (exact) mass is 390 g/mol. The van der Waals surface area contributed by atoms with Crippen LogP contribution in [0, 0.1) is 0 Å². The molecule has 1 aliphatic rings. The SMILES string of the molecule is Nc1cc(Br)c(NC(=O)CCC2CCCO2)c(Br)c1. The summed E-state index contributed by atoms with van der Waals surface area (Å²) in [6, 6.07) is 3.53. The van der Waals surface area contributed by atoms with Crippen LogP contribution < -0.4 is 11.1 Å². The molecule has 0 saturated carbocycles. The molecule has 1 aromatic carbocycles. The zero-order valence-corrected chi connectivity index (χ0v) is 13.6. The number of ether oxygens (including phenoxy) is 1. The lowest BCUT2D eigenvalue weighted by molar-refractivity contribution is -0.116. The number of carbonyl (C=O) groups excluding carboxylic acids is 1. The molecule has 1 amide bonds. The van der Waals surface area contributed by atoms with Crippen molar-refractivity contribution < 1.29 is 9.53 Å². The quantitative estimate of drug-likeness (QED) is 0.769. The number of nitrogens with two attached hydrogens (primary N) is 1. The van der Waals surface area contributed by atoms with Crippen LogP contribution >= 0.6 is 31.9 Å². The van der Waals surface area contributed by atoms with Gasteiger partial charge in [-0.1, -0.05) is 0 Å². The fourth-order valence-electron chi connectivity index (χ4n) is 2.08. The molecule has 1 aliphatic heterocycles. The van der Waals surface area contributed by atoms with Crippen molar-refractivity contribution in [2.24, 2.45) is 0 Å². The maximum atomic E-state index is 11.9. The molecule has 1 atom stereocenters. The molecule has 0 spiro atoms. The van der Waals surface area contributed by atoms with Crippen LogP contribution in [0.5, 0.6) is 0 Å². The number of carbonyl (C=O) groups is 1. The molecule has 4 nitrogen and oxygen atoms in total. The first-order valence-corrected chi connectivity index (χ1v) is 7.81. The summed E-state index contributed by atoms with van der Waals surface area (Å²) in [7, 11) is 0. The van der Waals surface area contributed by atoms with Crippen molar-refractivity contribution in [3.63, 3.8) is 0 Å². The minimum Gasteiger partial charge on any atom is -0.399 e. The number of hydrogen-bond acceptors (Lipinski definition) is 3. The van der Waals surface area contributed by atoms with Gasteiger partial charge in [-0.15, -0.1) is 0 Å². The van der Waals surface area contributed by atoms with Crippen LogP contribution in [0.3, 0.4) is 0 Å². The van der Waals surface area contributed by atoms with Crippen LogP contribution in [0.1, 0.15) is 25.7 Å². The second-order valence-corrected chi connectivity index (χ2v) is 6.29. The number of halogens is 2. The molecule has 6 heteroatoms. The van der Waals surface area contributed by atoms with Crippen LogP contribution in [-0.4, -0.2) is 18.6 Å². The number of hydrogen-bond donors (Lipinski definition) is 2. The zero-order chi connectivity index (χ0) is 13.8. The van der Waals surface area contributed by atoms with Gasteiger partial charge < -0.3 is 15.8 Å². The number of rotatable bonds is 4. The molecule has 2 rings (SSSR count). The predicted molar refractivity (Wildman–Crippen MR) is 83.1 cm³/mol. The van der Waals surface area contributed by atoms with Gasteiger partial charge in [-0.2, -0.15) is 0 Å². The Kier molecular flexibility index (Phi) is 5.24. The lowest BCUT2D eigenvalue weighted by Gasteiger charge is -2.12. The van der Waals surface area contributed by atoms with Crippen LogP contribution in [-0.2, 0) is 9.53 Å². The van der Waals surface area contributed by atoms with E-state index in [4.69, 9.17) is 10.5 Å².